The zero-order valence-electron chi connectivity index (χ0n) is 11.8. The molecular weight excluding hydrogens is 341 g/mol. The van der Waals surface area contributed by atoms with Gasteiger partial charge >= 0.3 is 0 Å². The summed E-state index contributed by atoms with van der Waals surface area (Å²) in [6, 6.07) is 2.39. The molecule has 1 aromatic rings. The molecule has 1 unspecified atom stereocenters. The maximum absolute atomic E-state index is 4.20. The first-order valence-electron chi connectivity index (χ1n) is 5.98. The summed E-state index contributed by atoms with van der Waals surface area (Å²) in [7, 11) is 3.72. The van der Waals surface area contributed by atoms with Crippen molar-refractivity contribution in [2.75, 3.05) is 7.05 Å². The molecule has 0 saturated carbocycles. The molecule has 5 nitrogen and oxygen atoms in total. The van der Waals surface area contributed by atoms with E-state index in [2.05, 4.69) is 41.5 Å². The minimum absolute atomic E-state index is 0. The smallest absolute Gasteiger partial charge is 0.191 e. The number of nitrogens with zero attached hydrogens (tertiary/aromatic N) is 3. The lowest BCUT2D eigenvalue weighted by molar-refractivity contribution is 0.480. The van der Waals surface area contributed by atoms with E-state index < -0.39 is 0 Å². The van der Waals surface area contributed by atoms with Crippen LogP contribution in [0.1, 0.15) is 26.5 Å². The number of guanidine groups is 1. The Kier molecular flexibility index (Phi) is 7.97. The molecule has 1 heterocycles. The van der Waals surface area contributed by atoms with Gasteiger partial charge in [-0.05, 0) is 18.9 Å². The van der Waals surface area contributed by atoms with Crippen molar-refractivity contribution in [3.8, 4) is 0 Å². The topological polar surface area (TPSA) is 54.2 Å². The fraction of sp³-hybridized carbons (Fsp3) is 0.667. The molecule has 0 saturated heterocycles. The van der Waals surface area contributed by atoms with E-state index in [4.69, 9.17) is 0 Å². The Morgan fingerprint density at radius 2 is 2.11 bits per heavy atom. The van der Waals surface area contributed by atoms with Crippen LogP contribution in [-0.2, 0) is 13.6 Å². The molecule has 0 aliphatic rings. The van der Waals surface area contributed by atoms with Gasteiger partial charge in [-0.15, -0.1) is 24.0 Å². The molecule has 0 fully saturated rings. The van der Waals surface area contributed by atoms with Crippen LogP contribution >= 0.6 is 24.0 Å². The van der Waals surface area contributed by atoms with Crippen LogP contribution in [0.5, 0.6) is 0 Å². The van der Waals surface area contributed by atoms with E-state index in [0.29, 0.717) is 12.0 Å². The normalized spacial score (nSPS) is 13.1. The van der Waals surface area contributed by atoms with Crippen molar-refractivity contribution in [2.45, 2.75) is 33.4 Å². The lowest BCUT2D eigenvalue weighted by Crippen LogP contribution is -2.44. The first kappa shape index (κ1) is 17.2. The average molecular weight is 365 g/mol. The SMILES string of the molecule is CN=C(NCc1ccnn1C)NC(C)C(C)C.I. The molecule has 18 heavy (non-hydrogen) atoms. The predicted molar refractivity (Wildman–Crippen MR) is 86.3 cm³/mol. The second-order valence-corrected chi connectivity index (χ2v) is 4.55. The number of nitrogens with one attached hydrogen (secondary N) is 2. The molecule has 0 aliphatic carbocycles. The molecule has 1 atom stereocenters. The van der Waals surface area contributed by atoms with Gasteiger partial charge in [-0.25, -0.2) is 0 Å². The van der Waals surface area contributed by atoms with Gasteiger partial charge in [0.1, 0.15) is 0 Å². The van der Waals surface area contributed by atoms with Gasteiger partial charge in [0.15, 0.2) is 5.96 Å². The lowest BCUT2D eigenvalue weighted by atomic mass is 10.1. The number of halogens is 1. The third kappa shape index (κ3) is 5.24. The van der Waals surface area contributed by atoms with Gasteiger partial charge in [0.2, 0.25) is 0 Å². The van der Waals surface area contributed by atoms with E-state index >= 15 is 0 Å². The highest BCUT2D eigenvalue weighted by Crippen LogP contribution is 1.99. The van der Waals surface area contributed by atoms with Gasteiger partial charge < -0.3 is 10.6 Å². The molecule has 0 bridgehead atoms. The van der Waals surface area contributed by atoms with Crippen molar-refractivity contribution in [3.05, 3.63) is 18.0 Å². The summed E-state index contributed by atoms with van der Waals surface area (Å²) in [5.41, 5.74) is 1.13. The van der Waals surface area contributed by atoms with Gasteiger partial charge in [0.25, 0.3) is 0 Å². The summed E-state index contributed by atoms with van der Waals surface area (Å²) in [5.74, 6) is 1.40. The maximum atomic E-state index is 4.20. The van der Waals surface area contributed by atoms with Crippen LogP contribution in [0.25, 0.3) is 0 Å². The van der Waals surface area contributed by atoms with Crippen LogP contribution in [0.15, 0.2) is 17.3 Å². The molecule has 2 N–H and O–H groups in total. The predicted octanol–water partition coefficient (Wildman–Crippen LogP) is 1.75. The van der Waals surface area contributed by atoms with E-state index in [9.17, 15) is 0 Å². The van der Waals surface area contributed by atoms with Gasteiger partial charge in [0, 0.05) is 26.3 Å². The van der Waals surface area contributed by atoms with Crippen LogP contribution in [-0.4, -0.2) is 28.8 Å². The molecule has 0 spiro atoms. The van der Waals surface area contributed by atoms with Crippen LogP contribution in [0.2, 0.25) is 0 Å². The molecule has 1 aromatic heterocycles. The van der Waals surface area contributed by atoms with E-state index in [1.165, 1.54) is 0 Å². The summed E-state index contributed by atoms with van der Waals surface area (Å²) in [5, 5.41) is 10.8. The van der Waals surface area contributed by atoms with Crippen molar-refractivity contribution in [3.63, 3.8) is 0 Å². The summed E-state index contributed by atoms with van der Waals surface area (Å²) in [6.45, 7) is 7.25. The maximum Gasteiger partial charge on any atom is 0.191 e. The van der Waals surface area contributed by atoms with Gasteiger partial charge in [0.05, 0.1) is 12.2 Å². The van der Waals surface area contributed by atoms with Crippen molar-refractivity contribution in [1.82, 2.24) is 20.4 Å². The third-order valence-corrected chi connectivity index (χ3v) is 2.95. The van der Waals surface area contributed by atoms with Crippen molar-refractivity contribution < 1.29 is 0 Å². The van der Waals surface area contributed by atoms with E-state index in [-0.39, 0.29) is 24.0 Å². The number of rotatable bonds is 4. The van der Waals surface area contributed by atoms with E-state index in [0.717, 1.165) is 18.2 Å². The number of hydrogen-bond acceptors (Lipinski definition) is 2. The first-order chi connectivity index (χ1) is 8.04. The monoisotopic (exact) mass is 365 g/mol. The molecule has 104 valence electrons. The highest BCUT2D eigenvalue weighted by Gasteiger charge is 2.09. The number of aliphatic imine (C=N–C) groups is 1. The van der Waals surface area contributed by atoms with Crippen molar-refractivity contribution in [2.24, 2.45) is 18.0 Å². The number of hydrogen-bond donors (Lipinski definition) is 2. The van der Waals surface area contributed by atoms with Crippen LogP contribution in [0, 0.1) is 5.92 Å². The fourth-order valence-electron chi connectivity index (χ4n) is 1.33. The largest absolute Gasteiger partial charge is 0.354 e. The molecule has 6 heteroatoms. The second kappa shape index (κ2) is 8.34. The summed E-state index contributed by atoms with van der Waals surface area (Å²) < 4.78 is 1.85. The lowest BCUT2D eigenvalue weighted by Gasteiger charge is -2.20. The highest BCUT2D eigenvalue weighted by atomic mass is 127. The number of aromatic nitrogens is 2. The molecule has 0 aliphatic heterocycles. The van der Waals surface area contributed by atoms with E-state index in [1.807, 2.05) is 17.8 Å². The van der Waals surface area contributed by atoms with Crippen LogP contribution in [0.3, 0.4) is 0 Å². The third-order valence-electron chi connectivity index (χ3n) is 2.95. The standard InChI is InChI=1S/C12H23N5.HI/c1-9(2)10(3)16-12(13-4)14-8-11-6-7-15-17(11)5;/h6-7,9-10H,8H2,1-5H3,(H2,13,14,16);1H. The Labute approximate surface area is 126 Å². The van der Waals surface area contributed by atoms with Gasteiger partial charge in [-0.1, -0.05) is 13.8 Å². The van der Waals surface area contributed by atoms with Crippen LogP contribution < -0.4 is 10.6 Å². The molecule has 1 rings (SSSR count). The molecular formula is C12H24IN5. The molecule has 0 aromatic carbocycles. The number of aryl methyl sites for hydroxylation is 1. The average Bonchev–Trinajstić information content (AvgIpc) is 2.69. The van der Waals surface area contributed by atoms with E-state index in [1.54, 1.807) is 13.2 Å². The Morgan fingerprint density at radius 1 is 1.44 bits per heavy atom. The fourth-order valence-corrected chi connectivity index (χ4v) is 1.33. The Balaban J connectivity index is 0.00000289. The zero-order valence-corrected chi connectivity index (χ0v) is 14.1. The Bertz CT molecular complexity index is 372. The minimum atomic E-state index is 0. The Hall–Kier alpha value is -0.790. The van der Waals surface area contributed by atoms with Crippen LogP contribution in [0.4, 0.5) is 0 Å². The quantitative estimate of drug-likeness (QED) is 0.486. The first-order valence-corrected chi connectivity index (χ1v) is 5.98. The second-order valence-electron chi connectivity index (χ2n) is 4.55. The highest BCUT2D eigenvalue weighted by molar-refractivity contribution is 14.0. The summed E-state index contributed by atoms with van der Waals surface area (Å²) >= 11 is 0. The van der Waals surface area contributed by atoms with Crippen molar-refractivity contribution in [1.29, 1.82) is 0 Å². The minimum Gasteiger partial charge on any atom is -0.354 e. The molecule has 0 amide bonds. The Morgan fingerprint density at radius 3 is 2.56 bits per heavy atom. The molecule has 0 radical (unpaired) electrons. The zero-order chi connectivity index (χ0) is 12.8. The summed E-state index contributed by atoms with van der Waals surface area (Å²) in [4.78, 5) is 4.20. The summed E-state index contributed by atoms with van der Waals surface area (Å²) in [6.07, 6.45) is 1.80. The van der Waals surface area contributed by atoms with Crippen molar-refractivity contribution >= 4 is 29.9 Å². The van der Waals surface area contributed by atoms with Gasteiger partial charge in [-0.3, -0.25) is 9.67 Å². The van der Waals surface area contributed by atoms with Gasteiger partial charge in [-0.2, -0.15) is 5.10 Å².